The molecular weight excluding hydrogens is 422 g/mol. The summed E-state index contributed by atoms with van der Waals surface area (Å²) >= 11 is 6.22. The molecule has 4 rings (SSSR count). The van der Waals surface area contributed by atoms with Crippen molar-refractivity contribution in [2.24, 2.45) is 0 Å². The van der Waals surface area contributed by atoms with E-state index in [9.17, 15) is 14.9 Å². The molecule has 0 saturated heterocycles. The lowest BCUT2D eigenvalue weighted by Gasteiger charge is -2.25. The van der Waals surface area contributed by atoms with Crippen molar-refractivity contribution in [2.75, 3.05) is 0 Å². The molecule has 1 unspecified atom stereocenters. The summed E-state index contributed by atoms with van der Waals surface area (Å²) < 4.78 is 17.2. The Morgan fingerprint density at radius 2 is 1.87 bits per heavy atom. The van der Waals surface area contributed by atoms with Gasteiger partial charge in [0.1, 0.15) is 17.1 Å². The van der Waals surface area contributed by atoms with Gasteiger partial charge >= 0.3 is 11.7 Å². The highest BCUT2D eigenvalue weighted by molar-refractivity contribution is 6.19. The van der Waals surface area contributed by atoms with E-state index in [0.29, 0.717) is 5.75 Å². The number of rotatable bonds is 5. The van der Waals surface area contributed by atoms with Crippen LogP contribution in [0, 0.1) is 10.1 Å². The zero-order valence-corrected chi connectivity index (χ0v) is 18.4. The molecule has 1 heterocycles. The van der Waals surface area contributed by atoms with Gasteiger partial charge in [0.25, 0.3) is 0 Å². The van der Waals surface area contributed by atoms with Crippen LogP contribution in [0.5, 0.6) is 17.2 Å². The van der Waals surface area contributed by atoms with Gasteiger partial charge < -0.3 is 14.2 Å². The van der Waals surface area contributed by atoms with Crippen molar-refractivity contribution < 1.29 is 23.9 Å². The van der Waals surface area contributed by atoms with Gasteiger partial charge in [0, 0.05) is 18.1 Å². The van der Waals surface area contributed by atoms with E-state index < -0.39 is 22.1 Å². The third kappa shape index (κ3) is 4.77. The molecule has 1 saturated carbocycles. The number of halogens is 1. The van der Waals surface area contributed by atoms with E-state index in [-0.39, 0.29) is 22.9 Å². The van der Waals surface area contributed by atoms with Gasteiger partial charge in [-0.3, -0.25) is 10.1 Å². The highest BCUT2D eigenvalue weighted by Gasteiger charge is 2.35. The maximum absolute atomic E-state index is 12.3. The minimum absolute atomic E-state index is 0.0531. The lowest BCUT2D eigenvalue weighted by molar-refractivity contribution is -0.385. The molecule has 2 aromatic rings. The first-order valence-electron chi connectivity index (χ1n) is 10.3. The van der Waals surface area contributed by atoms with E-state index in [1.54, 1.807) is 20.8 Å². The molecule has 31 heavy (non-hydrogen) atoms. The molecular formula is C23H24ClNO6. The first kappa shape index (κ1) is 21.4. The molecule has 0 radical (unpaired) electrons. The van der Waals surface area contributed by atoms with Crippen LogP contribution in [0.4, 0.5) is 5.69 Å². The third-order valence-electron chi connectivity index (χ3n) is 5.12. The van der Waals surface area contributed by atoms with Crippen LogP contribution in [0.25, 0.3) is 0 Å². The number of aryl methyl sites for hydroxylation is 1. The van der Waals surface area contributed by atoms with Crippen molar-refractivity contribution >= 4 is 23.3 Å². The van der Waals surface area contributed by atoms with Crippen molar-refractivity contribution in [1.29, 1.82) is 0 Å². The maximum atomic E-state index is 12.3. The van der Waals surface area contributed by atoms with Gasteiger partial charge in [0.2, 0.25) is 5.75 Å². The summed E-state index contributed by atoms with van der Waals surface area (Å²) in [5, 5.41) is 11.7. The summed E-state index contributed by atoms with van der Waals surface area (Å²) in [6, 6.07) is 7.83. The van der Waals surface area contributed by atoms with E-state index in [1.807, 2.05) is 12.1 Å². The summed E-state index contributed by atoms with van der Waals surface area (Å²) in [4.78, 5) is 23.5. The Morgan fingerprint density at radius 3 is 2.52 bits per heavy atom. The quantitative estimate of drug-likeness (QED) is 0.239. The molecule has 164 valence electrons. The van der Waals surface area contributed by atoms with Crippen molar-refractivity contribution in [1.82, 2.24) is 0 Å². The number of carbonyl (C=O) groups is 1. The highest BCUT2D eigenvalue weighted by Crippen LogP contribution is 2.52. The summed E-state index contributed by atoms with van der Waals surface area (Å²) in [5.41, 5.74) is 0.662. The van der Waals surface area contributed by atoms with Crippen LogP contribution in [-0.4, -0.2) is 22.1 Å². The van der Waals surface area contributed by atoms with Crippen LogP contribution in [0.2, 0.25) is 0 Å². The molecule has 2 aromatic carbocycles. The molecule has 0 amide bonds. The molecule has 1 atom stereocenters. The molecule has 0 aromatic heterocycles. The molecule has 2 aliphatic rings. The fourth-order valence-corrected chi connectivity index (χ4v) is 3.79. The number of benzene rings is 2. The summed E-state index contributed by atoms with van der Waals surface area (Å²) in [7, 11) is 0. The normalized spacial score (nSPS) is 18.0. The fourth-order valence-electron chi connectivity index (χ4n) is 3.59. The molecule has 0 bridgehead atoms. The standard InChI is InChI=1S/C23H24ClNO6/c1-23(2,3)31-22(26)15-7-9-17(16(12-15)25(27)28)29-18-10-6-14-8-11-19(24)30-21(14)20(18)13-4-5-13/h6-7,9-10,12-13,19H,4-5,8,11H2,1-3H3. The van der Waals surface area contributed by atoms with Crippen molar-refractivity contribution in [3.05, 3.63) is 57.1 Å². The third-order valence-corrected chi connectivity index (χ3v) is 5.43. The van der Waals surface area contributed by atoms with E-state index in [1.165, 1.54) is 18.2 Å². The molecule has 1 aliphatic carbocycles. The number of alkyl halides is 1. The Morgan fingerprint density at radius 1 is 1.16 bits per heavy atom. The van der Waals surface area contributed by atoms with E-state index >= 15 is 0 Å². The first-order chi connectivity index (χ1) is 14.6. The zero-order chi connectivity index (χ0) is 22.3. The number of fused-ring (bicyclic) bond motifs is 1. The molecule has 8 heteroatoms. The first-order valence-corrected chi connectivity index (χ1v) is 10.7. The molecule has 0 N–H and O–H groups in total. The largest absolute Gasteiger partial charge is 0.474 e. The predicted molar refractivity (Wildman–Crippen MR) is 115 cm³/mol. The molecule has 0 spiro atoms. The number of esters is 1. The van der Waals surface area contributed by atoms with Crippen molar-refractivity contribution in [2.45, 2.75) is 63.5 Å². The molecule has 1 aliphatic heterocycles. The van der Waals surface area contributed by atoms with Crippen LogP contribution in [-0.2, 0) is 11.2 Å². The van der Waals surface area contributed by atoms with E-state index in [0.717, 1.165) is 42.6 Å². The fraction of sp³-hybridized carbons (Fsp3) is 0.435. The number of nitro groups is 1. The van der Waals surface area contributed by atoms with Crippen LogP contribution in [0.15, 0.2) is 30.3 Å². The monoisotopic (exact) mass is 445 g/mol. The number of hydrogen-bond donors (Lipinski definition) is 0. The summed E-state index contributed by atoms with van der Waals surface area (Å²) in [5.74, 6) is 0.958. The Balaban J connectivity index is 1.69. The van der Waals surface area contributed by atoms with Gasteiger partial charge in [-0.2, -0.15) is 0 Å². The smallest absolute Gasteiger partial charge is 0.338 e. The summed E-state index contributed by atoms with van der Waals surface area (Å²) in [6.45, 7) is 5.21. The minimum Gasteiger partial charge on any atom is -0.474 e. The lowest BCUT2D eigenvalue weighted by atomic mass is 9.98. The van der Waals surface area contributed by atoms with Gasteiger partial charge in [0.05, 0.1) is 10.5 Å². The number of hydrogen-bond acceptors (Lipinski definition) is 6. The van der Waals surface area contributed by atoms with Gasteiger partial charge in [-0.1, -0.05) is 17.7 Å². The minimum atomic E-state index is -0.705. The van der Waals surface area contributed by atoms with Crippen LogP contribution in [0.1, 0.15) is 67.4 Å². The number of carbonyl (C=O) groups excluding carboxylic acids is 1. The van der Waals surface area contributed by atoms with Gasteiger partial charge in [-0.15, -0.1) is 0 Å². The van der Waals surface area contributed by atoms with E-state index in [4.69, 9.17) is 25.8 Å². The molecule has 1 fully saturated rings. The van der Waals surface area contributed by atoms with Crippen LogP contribution < -0.4 is 9.47 Å². The average molecular weight is 446 g/mol. The number of nitrogens with zero attached hydrogens (tertiary/aromatic N) is 1. The maximum Gasteiger partial charge on any atom is 0.338 e. The van der Waals surface area contributed by atoms with Crippen molar-refractivity contribution in [3.63, 3.8) is 0 Å². The summed E-state index contributed by atoms with van der Waals surface area (Å²) in [6.07, 6.45) is 3.55. The second-order valence-corrected chi connectivity index (χ2v) is 9.34. The van der Waals surface area contributed by atoms with E-state index in [2.05, 4.69) is 0 Å². The van der Waals surface area contributed by atoms with Crippen LogP contribution >= 0.6 is 11.6 Å². The SMILES string of the molecule is CC(C)(C)OC(=O)c1ccc(Oc2ccc3c(c2C2CC2)OC(Cl)CC3)c([N+](=O)[O-])c1. The Hall–Kier alpha value is -2.80. The number of ether oxygens (including phenoxy) is 3. The number of nitro benzene ring substituents is 1. The van der Waals surface area contributed by atoms with Gasteiger partial charge in [-0.25, -0.2) is 4.79 Å². The van der Waals surface area contributed by atoms with Gasteiger partial charge in [-0.05, 0) is 69.7 Å². The second-order valence-electron chi connectivity index (χ2n) is 8.85. The molecule has 7 nitrogen and oxygen atoms in total. The predicted octanol–water partition coefficient (Wildman–Crippen LogP) is 6.11. The topological polar surface area (TPSA) is 87.9 Å². The Kier molecular flexibility index (Phi) is 5.56. The van der Waals surface area contributed by atoms with Gasteiger partial charge in [0.15, 0.2) is 5.56 Å². The van der Waals surface area contributed by atoms with Crippen molar-refractivity contribution in [3.8, 4) is 17.2 Å². The second kappa shape index (κ2) is 8.04. The zero-order valence-electron chi connectivity index (χ0n) is 17.6. The average Bonchev–Trinajstić information content (AvgIpc) is 3.51. The lowest BCUT2D eigenvalue weighted by Crippen LogP contribution is -2.23. The Bertz CT molecular complexity index is 1040. The highest BCUT2D eigenvalue weighted by atomic mass is 35.5. The Labute approximate surface area is 185 Å². The van der Waals surface area contributed by atoms with Crippen LogP contribution in [0.3, 0.4) is 0 Å².